The molecule has 1 aromatic heterocycles. The Bertz CT molecular complexity index is 380. The Morgan fingerprint density at radius 3 is 2.88 bits per heavy atom. The van der Waals surface area contributed by atoms with Gasteiger partial charge < -0.3 is 9.30 Å². The molecular weight excluding hydrogens is 204 g/mol. The number of nitrogens with zero attached hydrogens (tertiary/aromatic N) is 2. The quantitative estimate of drug-likeness (QED) is 0.566. The van der Waals surface area contributed by atoms with Crippen LogP contribution in [0.3, 0.4) is 0 Å². The summed E-state index contributed by atoms with van der Waals surface area (Å²) in [6.45, 7) is 10.4. The zero-order valence-electron chi connectivity index (χ0n) is 10.1. The molecule has 0 aliphatic carbocycles. The minimum atomic E-state index is -0.342. The molecule has 0 fully saturated rings. The van der Waals surface area contributed by atoms with Crippen molar-refractivity contribution in [3.8, 4) is 0 Å². The number of carbonyl (C=O) groups excluding carboxylic acids is 1. The highest BCUT2D eigenvalue weighted by atomic mass is 16.5. The van der Waals surface area contributed by atoms with Crippen LogP contribution in [0.25, 0.3) is 0 Å². The third-order valence-corrected chi connectivity index (χ3v) is 2.19. The third-order valence-electron chi connectivity index (χ3n) is 2.19. The Hall–Kier alpha value is -1.58. The number of ether oxygens (including phenoxy) is 1. The van der Waals surface area contributed by atoms with E-state index in [1.807, 2.05) is 10.8 Å². The van der Waals surface area contributed by atoms with Gasteiger partial charge in [0, 0.05) is 23.9 Å². The first-order chi connectivity index (χ1) is 7.56. The van der Waals surface area contributed by atoms with Crippen LogP contribution in [0.1, 0.15) is 32.5 Å². The van der Waals surface area contributed by atoms with E-state index in [2.05, 4.69) is 25.4 Å². The van der Waals surface area contributed by atoms with Crippen LogP contribution in [0.4, 0.5) is 0 Å². The summed E-state index contributed by atoms with van der Waals surface area (Å²) in [6.07, 6.45) is 3.58. The van der Waals surface area contributed by atoms with Gasteiger partial charge in [0.1, 0.15) is 5.82 Å². The number of esters is 1. The van der Waals surface area contributed by atoms with Crippen LogP contribution in [0.15, 0.2) is 24.5 Å². The molecule has 0 N–H and O–H groups in total. The largest absolute Gasteiger partial charge is 0.463 e. The van der Waals surface area contributed by atoms with Gasteiger partial charge in [-0.3, -0.25) is 0 Å². The van der Waals surface area contributed by atoms with Gasteiger partial charge in [-0.25, -0.2) is 9.78 Å². The van der Waals surface area contributed by atoms with Crippen molar-refractivity contribution in [2.45, 2.75) is 33.2 Å². The van der Waals surface area contributed by atoms with Crippen LogP contribution >= 0.6 is 0 Å². The molecule has 4 heteroatoms. The fourth-order valence-electron chi connectivity index (χ4n) is 1.46. The summed E-state index contributed by atoms with van der Waals surface area (Å²) in [6, 6.07) is 0. The molecule has 1 heterocycles. The second kappa shape index (κ2) is 5.49. The molecule has 0 aliphatic heterocycles. The van der Waals surface area contributed by atoms with Crippen molar-refractivity contribution in [3.63, 3.8) is 0 Å². The average molecular weight is 222 g/mol. The first-order valence-electron chi connectivity index (χ1n) is 5.42. The molecule has 1 rings (SSSR count). The lowest BCUT2D eigenvalue weighted by atomic mass is 10.2. The number of hydrogen-bond acceptors (Lipinski definition) is 3. The average Bonchev–Trinajstić information content (AvgIpc) is 2.66. The molecule has 0 aromatic carbocycles. The Balaban J connectivity index is 2.69. The van der Waals surface area contributed by atoms with E-state index in [0.717, 1.165) is 5.82 Å². The van der Waals surface area contributed by atoms with Crippen LogP contribution < -0.4 is 0 Å². The van der Waals surface area contributed by atoms with E-state index in [1.54, 1.807) is 13.1 Å². The van der Waals surface area contributed by atoms with Crippen molar-refractivity contribution in [3.05, 3.63) is 30.4 Å². The number of imidazole rings is 1. The first-order valence-corrected chi connectivity index (χ1v) is 5.42. The highest BCUT2D eigenvalue weighted by molar-refractivity contribution is 5.87. The summed E-state index contributed by atoms with van der Waals surface area (Å²) in [5.41, 5.74) is 0.446. The normalized spacial score (nSPS) is 10.5. The Morgan fingerprint density at radius 2 is 2.31 bits per heavy atom. The van der Waals surface area contributed by atoms with Gasteiger partial charge >= 0.3 is 5.97 Å². The molecule has 4 nitrogen and oxygen atoms in total. The van der Waals surface area contributed by atoms with Gasteiger partial charge in [-0.15, -0.1) is 0 Å². The van der Waals surface area contributed by atoms with Crippen LogP contribution in [-0.4, -0.2) is 22.1 Å². The second-order valence-corrected chi connectivity index (χ2v) is 3.89. The van der Waals surface area contributed by atoms with Crippen molar-refractivity contribution in [1.29, 1.82) is 0 Å². The maximum absolute atomic E-state index is 11.4. The molecule has 0 spiro atoms. The molecule has 88 valence electrons. The van der Waals surface area contributed by atoms with E-state index in [1.165, 1.54) is 0 Å². The highest BCUT2D eigenvalue weighted by Gasteiger charge is 2.12. The van der Waals surface area contributed by atoms with E-state index in [9.17, 15) is 4.79 Å². The lowest BCUT2D eigenvalue weighted by Gasteiger charge is -2.11. The molecule has 0 radical (unpaired) electrons. The smallest absolute Gasteiger partial charge is 0.335 e. The molecule has 0 amide bonds. The van der Waals surface area contributed by atoms with Crippen LogP contribution in [0.2, 0.25) is 0 Å². The molecule has 0 atom stereocenters. The molecule has 0 aliphatic rings. The van der Waals surface area contributed by atoms with Crippen LogP contribution in [0.5, 0.6) is 0 Å². The summed E-state index contributed by atoms with van der Waals surface area (Å²) in [5, 5.41) is 0. The van der Waals surface area contributed by atoms with Crippen molar-refractivity contribution in [2.75, 3.05) is 6.61 Å². The third kappa shape index (κ3) is 2.95. The Kier molecular flexibility index (Phi) is 4.28. The minimum Gasteiger partial charge on any atom is -0.463 e. The lowest BCUT2D eigenvalue weighted by Crippen LogP contribution is -2.14. The van der Waals surface area contributed by atoms with Gasteiger partial charge in [0.05, 0.1) is 13.2 Å². The SMILES string of the molecule is C=C(Cn1ccnc1C(C)C)C(=O)OCC. The van der Waals surface area contributed by atoms with E-state index in [-0.39, 0.29) is 5.97 Å². The number of aromatic nitrogens is 2. The molecule has 0 saturated heterocycles. The summed E-state index contributed by atoms with van der Waals surface area (Å²) >= 11 is 0. The zero-order chi connectivity index (χ0) is 12.1. The number of rotatable bonds is 5. The lowest BCUT2D eigenvalue weighted by molar-refractivity contribution is -0.138. The van der Waals surface area contributed by atoms with Gasteiger partial charge in [0.15, 0.2) is 0 Å². The minimum absolute atomic E-state index is 0.324. The molecule has 0 bridgehead atoms. The Labute approximate surface area is 95.9 Å². The molecular formula is C12H18N2O2. The highest BCUT2D eigenvalue weighted by Crippen LogP contribution is 2.13. The molecule has 0 saturated carbocycles. The van der Waals surface area contributed by atoms with Gasteiger partial charge in [0.2, 0.25) is 0 Å². The van der Waals surface area contributed by atoms with E-state index >= 15 is 0 Å². The van der Waals surface area contributed by atoms with E-state index in [4.69, 9.17) is 4.74 Å². The van der Waals surface area contributed by atoms with Crippen LogP contribution in [0, 0.1) is 0 Å². The van der Waals surface area contributed by atoms with E-state index < -0.39 is 0 Å². The summed E-state index contributed by atoms with van der Waals surface area (Å²) in [5.74, 6) is 0.932. The zero-order valence-corrected chi connectivity index (χ0v) is 10.1. The van der Waals surface area contributed by atoms with Crippen molar-refractivity contribution in [2.24, 2.45) is 0 Å². The fourth-order valence-corrected chi connectivity index (χ4v) is 1.46. The monoisotopic (exact) mass is 222 g/mol. The standard InChI is InChI=1S/C12H18N2O2/c1-5-16-12(15)10(4)8-14-7-6-13-11(14)9(2)3/h6-7,9H,4-5,8H2,1-3H3. The van der Waals surface area contributed by atoms with Gasteiger partial charge in [0.25, 0.3) is 0 Å². The predicted molar refractivity (Wildman–Crippen MR) is 62.1 cm³/mol. The summed E-state index contributed by atoms with van der Waals surface area (Å²) in [7, 11) is 0. The summed E-state index contributed by atoms with van der Waals surface area (Å²) in [4.78, 5) is 15.6. The second-order valence-electron chi connectivity index (χ2n) is 3.89. The van der Waals surface area contributed by atoms with Gasteiger partial charge in [-0.2, -0.15) is 0 Å². The first kappa shape index (κ1) is 12.5. The number of carbonyl (C=O) groups is 1. The number of hydrogen-bond donors (Lipinski definition) is 0. The molecule has 16 heavy (non-hydrogen) atoms. The van der Waals surface area contributed by atoms with Crippen molar-refractivity contribution >= 4 is 5.97 Å². The van der Waals surface area contributed by atoms with Gasteiger partial charge in [-0.1, -0.05) is 20.4 Å². The fraction of sp³-hybridized carbons (Fsp3) is 0.500. The maximum atomic E-state index is 11.4. The van der Waals surface area contributed by atoms with Crippen molar-refractivity contribution in [1.82, 2.24) is 9.55 Å². The maximum Gasteiger partial charge on any atom is 0.335 e. The molecule has 0 unspecified atom stereocenters. The summed E-state index contributed by atoms with van der Waals surface area (Å²) < 4.78 is 6.80. The van der Waals surface area contributed by atoms with Crippen molar-refractivity contribution < 1.29 is 9.53 Å². The van der Waals surface area contributed by atoms with E-state index in [0.29, 0.717) is 24.6 Å². The van der Waals surface area contributed by atoms with Gasteiger partial charge in [-0.05, 0) is 6.92 Å². The molecule has 1 aromatic rings. The predicted octanol–water partition coefficient (Wildman–Crippen LogP) is 2.13. The topological polar surface area (TPSA) is 44.1 Å². The van der Waals surface area contributed by atoms with Crippen LogP contribution in [-0.2, 0) is 16.1 Å². The Morgan fingerprint density at radius 1 is 1.62 bits per heavy atom.